The number of nitrogens with one attached hydrogen (secondary N) is 1. The number of hydrogen-bond acceptors (Lipinski definition) is 3. The van der Waals surface area contributed by atoms with Crippen LogP contribution in [0.25, 0.3) is 0 Å². The predicted molar refractivity (Wildman–Crippen MR) is 123 cm³/mol. The van der Waals surface area contributed by atoms with Crippen molar-refractivity contribution in [3.8, 4) is 0 Å². The molecule has 4 nitrogen and oxygen atoms in total. The molecule has 164 valence electrons. The summed E-state index contributed by atoms with van der Waals surface area (Å²) in [4.78, 5) is 22.5. The number of methoxy groups -OCH3 is 1. The molecule has 1 aromatic carbocycles. The normalized spacial score (nSPS) is 14.3. The quantitative estimate of drug-likeness (QED) is 0.302. The van der Waals surface area contributed by atoms with Gasteiger partial charge in [-0.15, -0.1) is 12.1 Å². The fourth-order valence-electron chi connectivity index (χ4n) is 2.98. The molecular weight excluding hydrogens is 413 g/mol. The maximum Gasteiger partial charge on any atom is 1.00 e. The fourth-order valence-corrected chi connectivity index (χ4v) is 2.98. The molecule has 0 unspecified atom stereocenters. The molecule has 0 aromatic heterocycles. The number of aryl methyl sites for hydroxylation is 1. The first-order valence-electron chi connectivity index (χ1n) is 10.3. The van der Waals surface area contributed by atoms with Crippen molar-refractivity contribution in [2.75, 3.05) is 7.11 Å². The van der Waals surface area contributed by atoms with Crippen LogP contribution in [0.1, 0.15) is 56.2 Å². The van der Waals surface area contributed by atoms with E-state index in [-0.39, 0.29) is 63.2 Å². The maximum absolute atomic E-state index is 12.3. The second-order valence-corrected chi connectivity index (χ2v) is 7.70. The molecule has 1 saturated carbocycles. The minimum atomic E-state index is 0. The van der Waals surface area contributed by atoms with E-state index in [1.54, 1.807) is 19.3 Å². The third-order valence-electron chi connectivity index (χ3n) is 4.82. The molecule has 1 aliphatic carbocycles. The summed E-state index contributed by atoms with van der Waals surface area (Å²) in [6, 6.07) is 5.45. The number of carbonyl (C=O) groups excluding carboxylic acids is 2. The van der Waals surface area contributed by atoms with E-state index in [4.69, 9.17) is 4.74 Å². The number of carbonyl (C=O) groups is 1. The topological polar surface area (TPSA) is 55.4 Å². The van der Waals surface area contributed by atoms with Crippen molar-refractivity contribution in [1.29, 1.82) is 0 Å². The molecule has 1 aromatic rings. The van der Waals surface area contributed by atoms with Gasteiger partial charge in [-0.25, -0.2) is 11.6 Å². The van der Waals surface area contributed by atoms with Gasteiger partial charge in [-0.05, 0) is 24.4 Å². The number of allylic oxidation sites excluding steroid dienone is 3. The van der Waals surface area contributed by atoms with Crippen molar-refractivity contribution in [2.24, 2.45) is 11.8 Å². The minimum absolute atomic E-state index is 0. The van der Waals surface area contributed by atoms with Crippen LogP contribution in [0.2, 0.25) is 0 Å². The van der Waals surface area contributed by atoms with Crippen molar-refractivity contribution in [3.05, 3.63) is 84.5 Å². The summed E-state index contributed by atoms with van der Waals surface area (Å²) in [7, 11) is 1.58. The van der Waals surface area contributed by atoms with E-state index < -0.39 is 0 Å². The SMILES string of the molecule is C=C(/C=C\C(=C/C(C)C)NC(=O)C1CC[CH-]CC1)OC.[CH2-]c1c(C)cccc1[C-]=O.[K+]. The first-order chi connectivity index (χ1) is 14.3. The predicted octanol–water partition coefficient (Wildman–Crippen LogP) is 2.39. The molecule has 2 rings (SSSR count). The largest absolute Gasteiger partial charge is 1.00 e. The first-order valence-corrected chi connectivity index (χ1v) is 10.3. The molecule has 1 fully saturated rings. The average Bonchev–Trinajstić information content (AvgIpc) is 2.74. The van der Waals surface area contributed by atoms with Gasteiger partial charge in [0.25, 0.3) is 0 Å². The molecular formula is C26H34KNO3-2. The van der Waals surface area contributed by atoms with Crippen LogP contribution in [0.5, 0.6) is 0 Å². The summed E-state index contributed by atoms with van der Waals surface area (Å²) >= 11 is 0. The zero-order valence-corrected chi connectivity index (χ0v) is 22.8. The fraction of sp³-hybridized carbons (Fsp3) is 0.385. The molecule has 1 aliphatic rings. The number of hydrogen-bond donors (Lipinski definition) is 1. The molecule has 1 N–H and O–H groups in total. The van der Waals surface area contributed by atoms with Crippen LogP contribution >= 0.6 is 0 Å². The van der Waals surface area contributed by atoms with Gasteiger partial charge >= 0.3 is 51.4 Å². The van der Waals surface area contributed by atoms with E-state index in [9.17, 15) is 9.59 Å². The molecule has 0 saturated heterocycles. The second kappa shape index (κ2) is 16.5. The van der Waals surface area contributed by atoms with Crippen molar-refractivity contribution in [2.45, 2.75) is 46.5 Å². The maximum atomic E-state index is 12.3. The van der Waals surface area contributed by atoms with Crippen LogP contribution < -0.4 is 56.7 Å². The molecule has 0 bridgehead atoms. The van der Waals surface area contributed by atoms with Crippen molar-refractivity contribution >= 4 is 12.2 Å². The zero-order valence-electron chi connectivity index (χ0n) is 19.7. The van der Waals surface area contributed by atoms with Crippen molar-refractivity contribution in [3.63, 3.8) is 0 Å². The van der Waals surface area contributed by atoms with Crippen molar-refractivity contribution < 1.29 is 65.7 Å². The van der Waals surface area contributed by atoms with Gasteiger partial charge < -0.3 is 21.3 Å². The van der Waals surface area contributed by atoms with Gasteiger partial charge in [0.15, 0.2) is 0 Å². The van der Waals surface area contributed by atoms with Crippen LogP contribution in [-0.4, -0.2) is 19.3 Å². The van der Waals surface area contributed by atoms with Gasteiger partial charge in [0.1, 0.15) is 5.76 Å². The van der Waals surface area contributed by atoms with E-state index in [0.29, 0.717) is 17.2 Å². The molecule has 1 amide bonds. The Balaban J connectivity index is 0.000000688. The Bertz CT molecular complexity index is 775. The monoisotopic (exact) mass is 447 g/mol. The molecule has 0 heterocycles. The van der Waals surface area contributed by atoms with Gasteiger partial charge in [0.2, 0.25) is 5.91 Å². The van der Waals surface area contributed by atoms with Gasteiger partial charge in [-0.2, -0.15) is 12.8 Å². The summed E-state index contributed by atoms with van der Waals surface area (Å²) in [6.07, 6.45) is 13.7. The molecule has 0 radical (unpaired) electrons. The van der Waals surface area contributed by atoms with E-state index in [2.05, 4.69) is 39.1 Å². The Morgan fingerprint density at radius 1 is 1.32 bits per heavy atom. The number of rotatable bonds is 7. The molecule has 31 heavy (non-hydrogen) atoms. The Morgan fingerprint density at radius 3 is 2.48 bits per heavy atom. The second-order valence-electron chi connectivity index (χ2n) is 7.70. The van der Waals surface area contributed by atoms with Gasteiger partial charge in [0.05, 0.1) is 7.11 Å². The molecule has 0 spiro atoms. The summed E-state index contributed by atoms with van der Waals surface area (Å²) in [5.41, 5.74) is 3.18. The first kappa shape index (κ1) is 29.9. The summed E-state index contributed by atoms with van der Waals surface area (Å²) in [5.74, 6) is 1.19. The zero-order chi connectivity index (χ0) is 22.5. The average molecular weight is 448 g/mol. The van der Waals surface area contributed by atoms with E-state index in [1.165, 1.54) is 0 Å². The van der Waals surface area contributed by atoms with Gasteiger partial charge in [-0.1, -0.05) is 46.3 Å². The third kappa shape index (κ3) is 11.9. The Kier molecular flexibility index (Phi) is 15.9. The van der Waals surface area contributed by atoms with Crippen molar-refractivity contribution in [1.82, 2.24) is 5.32 Å². The van der Waals surface area contributed by atoms with Crippen LogP contribution in [-0.2, 0) is 14.3 Å². The Hall–Kier alpha value is -1.11. The Labute approximate surface area is 231 Å². The summed E-state index contributed by atoms with van der Waals surface area (Å²) in [5, 5.41) is 3.02. The number of benzene rings is 1. The van der Waals surface area contributed by atoms with Gasteiger partial charge in [0, 0.05) is 11.6 Å². The molecule has 0 atom stereocenters. The van der Waals surface area contributed by atoms with Crippen LogP contribution in [0, 0.1) is 32.1 Å². The number of amides is 1. The minimum Gasteiger partial charge on any atom is -0.497 e. The standard InChI is InChI=1S/C17H26NO2.C9H8O.K/c1-13(2)12-16(11-10-14(3)20-4)18-17(19)15-8-6-5-7-9-15;1-7-4-3-5-9(6-10)8(7)2;/h5,10-13,15H,3,6-9H2,1-2,4H3,(H,18,19);3-5H,2H2,1H3;/q-1;-2;+1/b11-10-,16-12+;;. The molecule has 5 heteroatoms. The number of ether oxygens (including phenoxy) is 1. The third-order valence-corrected chi connectivity index (χ3v) is 4.82. The smallest absolute Gasteiger partial charge is 0.497 e. The Morgan fingerprint density at radius 2 is 1.97 bits per heavy atom. The summed E-state index contributed by atoms with van der Waals surface area (Å²) < 4.78 is 5.00. The van der Waals surface area contributed by atoms with E-state index in [1.807, 2.05) is 37.5 Å². The summed E-state index contributed by atoms with van der Waals surface area (Å²) in [6.45, 7) is 13.6. The van der Waals surface area contributed by atoms with E-state index >= 15 is 0 Å². The van der Waals surface area contributed by atoms with Crippen LogP contribution in [0.4, 0.5) is 0 Å². The van der Waals surface area contributed by atoms with E-state index in [0.717, 1.165) is 42.5 Å². The van der Waals surface area contributed by atoms with Gasteiger partial charge in [-0.3, -0.25) is 22.8 Å². The van der Waals surface area contributed by atoms with Crippen LogP contribution in [0.3, 0.4) is 0 Å². The van der Waals surface area contributed by atoms with Crippen LogP contribution in [0.15, 0.2) is 54.5 Å². The molecule has 0 aliphatic heterocycles.